The van der Waals surface area contributed by atoms with Gasteiger partial charge in [-0.2, -0.15) is 0 Å². The molecular formula is C16H19ClN2O2. The zero-order valence-electron chi connectivity index (χ0n) is 12.5. The molecule has 1 aliphatic heterocycles. The maximum atomic E-state index is 12.1. The molecule has 3 rings (SSSR count). The standard InChI is InChI=1S/C16H19ClN2O2/c1-16(2,3)21-15(20)19-8-11-6-12(13(11)9-19)10-4-5-14(17)18-7-10/h4-7,11,13H,8-9H2,1-3H3/t11-,13+/m0/s1. The lowest BCUT2D eigenvalue weighted by Gasteiger charge is -2.29. The molecule has 5 heteroatoms. The van der Waals surface area contributed by atoms with E-state index in [2.05, 4.69) is 11.1 Å². The molecule has 1 aromatic rings. The Hall–Kier alpha value is -1.55. The largest absolute Gasteiger partial charge is 0.444 e. The van der Waals surface area contributed by atoms with Crippen molar-refractivity contribution in [1.29, 1.82) is 0 Å². The van der Waals surface area contributed by atoms with Crippen LogP contribution in [0.4, 0.5) is 4.79 Å². The molecule has 0 radical (unpaired) electrons. The number of ether oxygens (including phenoxy) is 1. The van der Waals surface area contributed by atoms with Crippen molar-refractivity contribution in [2.24, 2.45) is 11.8 Å². The minimum atomic E-state index is -0.449. The Morgan fingerprint density at radius 2 is 2.14 bits per heavy atom. The maximum absolute atomic E-state index is 12.1. The molecule has 0 N–H and O–H groups in total. The predicted octanol–water partition coefficient (Wildman–Crippen LogP) is 3.62. The summed E-state index contributed by atoms with van der Waals surface area (Å²) in [6, 6.07) is 3.78. The second-order valence-electron chi connectivity index (χ2n) is 6.65. The molecule has 2 aliphatic rings. The van der Waals surface area contributed by atoms with E-state index in [-0.39, 0.29) is 6.09 Å². The molecule has 0 unspecified atom stereocenters. The third kappa shape index (κ3) is 2.91. The molecule has 0 bridgehead atoms. The monoisotopic (exact) mass is 306 g/mol. The van der Waals surface area contributed by atoms with Crippen molar-refractivity contribution >= 4 is 23.3 Å². The molecule has 21 heavy (non-hydrogen) atoms. The summed E-state index contributed by atoms with van der Waals surface area (Å²) in [6.07, 6.45) is 3.79. The molecular weight excluding hydrogens is 288 g/mol. The molecule has 2 atom stereocenters. The zero-order valence-corrected chi connectivity index (χ0v) is 13.2. The molecule has 2 heterocycles. The molecule has 1 aromatic heterocycles. The lowest BCUT2D eigenvalue weighted by Crippen LogP contribution is -2.35. The highest BCUT2D eigenvalue weighted by atomic mass is 35.5. The molecule has 1 fully saturated rings. The highest BCUT2D eigenvalue weighted by molar-refractivity contribution is 6.29. The van der Waals surface area contributed by atoms with Gasteiger partial charge in [-0.25, -0.2) is 9.78 Å². The molecule has 1 saturated heterocycles. The third-order valence-electron chi connectivity index (χ3n) is 3.87. The first-order valence-electron chi connectivity index (χ1n) is 7.15. The van der Waals surface area contributed by atoms with E-state index in [1.54, 1.807) is 17.2 Å². The Kier molecular flexibility index (Phi) is 3.44. The van der Waals surface area contributed by atoms with E-state index in [4.69, 9.17) is 16.3 Å². The number of hydrogen-bond donors (Lipinski definition) is 0. The Morgan fingerprint density at radius 1 is 1.38 bits per heavy atom. The highest BCUT2D eigenvalue weighted by Gasteiger charge is 2.43. The van der Waals surface area contributed by atoms with Crippen molar-refractivity contribution in [3.63, 3.8) is 0 Å². The van der Waals surface area contributed by atoms with Crippen LogP contribution in [0.3, 0.4) is 0 Å². The first-order chi connectivity index (χ1) is 9.83. The fraction of sp³-hybridized carbons (Fsp3) is 0.500. The Labute approximate surface area is 129 Å². The minimum absolute atomic E-state index is 0.223. The molecule has 0 saturated carbocycles. The lowest BCUT2D eigenvalue weighted by atomic mass is 9.74. The van der Waals surface area contributed by atoms with Crippen LogP contribution in [-0.4, -0.2) is 34.7 Å². The van der Waals surface area contributed by atoms with Crippen LogP contribution in [0.5, 0.6) is 0 Å². The van der Waals surface area contributed by atoms with Crippen molar-refractivity contribution in [3.05, 3.63) is 35.1 Å². The number of carbonyl (C=O) groups excluding carboxylic acids is 1. The summed E-state index contributed by atoms with van der Waals surface area (Å²) in [6.45, 7) is 7.12. The second-order valence-corrected chi connectivity index (χ2v) is 7.03. The van der Waals surface area contributed by atoms with Crippen molar-refractivity contribution < 1.29 is 9.53 Å². The molecule has 0 aromatic carbocycles. The number of likely N-dealkylation sites (tertiary alicyclic amines) is 1. The summed E-state index contributed by atoms with van der Waals surface area (Å²) in [4.78, 5) is 18.0. The van der Waals surface area contributed by atoms with Gasteiger partial charge < -0.3 is 9.64 Å². The van der Waals surface area contributed by atoms with Crippen LogP contribution in [-0.2, 0) is 4.74 Å². The van der Waals surface area contributed by atoms with E-state index < -0.39 is 5.60 Å². The van der Waals surface area contributed by atoms with E-state index in [0.29, 0.717) is 23.5 Å². The summed E-state index contributed by atoms with van der Waals surface area (Å²) in [7, 11) is 0. The maximum Gasteiger partial charge on any atom is 0.410 e. The van der Waals surface area contributed by atoms with E-state index in [0.717, 1.165) is 12.1 Å². The Morgan fingerprint density at radius 3 is 2.76 bits per heavy atom. The number of hydrogen-bond acceptors (Lipinski definition) is 3. The fourth-order valence-corrected chi connectivity index (χ4v) is 3.01. The molecule has 1 aliphatic carbocycles. The van der Waals surface area contributed by atoms with E-state index in [1.165, 1.54) is 5.57 Å². The molecule has 0 spiro atoms. The smallest absolute Gasteiger partial charge is 0.410 e. The van der Waals surface area contributed by atoms with Crippen LogP contribution in [0.1, 0.15) is 26.3 Å². The lowest BCUT2D eigenvalue weighted by molar-refractivity contribution is 0.0289. The number of pyridine rings is 1. The van der Waals surface area contributed by atoms with Crippen LogP contribution in [0, 0.1) is 11.8 Å². The third-order valence-corrected chi connectivity index (χ3v) is 4.09. The van der Waals surface area contributed by atoms with Gasteiger partial charge in [0.15, 0.2) is 0 Å². The highest BCUT2D eigenvalue weighted by Crippen LogP contribution is 2.45. The number of nitrogens with zero attached hydrogens (tertiary/aromatic N) is 2. The average molecular weight is 307 g/mol. The van der Waals surface area contributed by atoms with Gasteiger partial charge in [0.05, 0.1) is 0 Å². The van der Waals surface area contributed by atoms with Gasteiger partial charge in [-0.3, -0.25) is 0 Å². The number of carbonyl (C=O) groups is 1. The van der Waals surface area contributed by atoms with Gasteiger partial charge in [-0.05, 0) is 38.0 Å². The molecule has 4 nitrogen and oxygen atoms in total. The number of fused-ring (bicyclic) bond motifs is 1. The van der Waals surface area contributed by atoms with Gasteiger partial charge in [0.1, 0.15) is 10.8 Å². The quantitative estimate of drug-likeness (QED) is 0.744. The number of aromatic nitrogens is 1. The first-order valence-corrected chi connectivity index (χ1v) is 7.53. The topological polar surface area (TPSA) is 42.4 Å². The molecule has 1 amide bonds. The number of halogens is 1. The van der Waals surface area contributed by atoms with E-state index in [9.17, 15) is 4.79 Å². The summed E-state index contributed by atoms with van der Waals surface area (Å²) in [5.41, 5.74) is 1.90. The summed E-state index contributed by atoms with van der Waals surface area (Å²) >= 11 is 5.82. The van der Waals surface area contributed by atoms with Crippen LogP contribution in [0.25, 0.3) is 5.57 Å². The summed E-state index contributed by atoms with van der Waals surface area (Å²) < 4.78 is 5.44. The van der Waals surface area contributed by atoms with Gasteiger partial charge in [-0.1, -0.05) is 23.7 Å². The van der Waals surface area contributed by atoms with E-state index >= 15 is 0 Å². The van der Waals surface area contributed by atoms with Gasteiger partial charge in [0.2, 0.25) is 0 Å². The van der Waals surface area contributed by atoms with Gasteiger partial charge >= 0.3 is 6.09 Å². The van der Waals surface area contributed by atoms with Crippen LogP contribution >= 0.6 is 11.6 Å². The summed E-state index contributed by atoms with van der Waals surface area (Å²) in [5, 5.41) is 0.497. The first kappa shape index (κ1) is 14.4. The van der Waals surface area contributed by atoms with Crippen LogP contribution in [0.15, 0.2) is 24.4 Å². The van der Waals surface area contributed by atoms with Gasteiger partial charge in [-0.15, -0.1) is 0 Å². The predicted molar refractivity (Wildman–Crippen MR) is 82.0 cm³/mol. The normalized spacial score (nSPS) is 24.2. The van der Waals surface area contributed by atoms with Crippen molar-refractivity contribution in [1.82, 2.24) is 9.88 Å². The van der Waals surface area contributed by atoms with Crippen molar-refractivity contribution in [2.45, 2.75) is 26.4 Å². The van der Waals surface area contributed by atoms with Gasteiger partial charge in [0.25, 0.3) is 0 Å². The summed E-state index contributed by atoms with van der Waals surface area (Å²) in [5.74, 6) is 0.823. The fourth-order valence-electron chi connectivity index (χ4n) is 2.90. The average Bonchev–Trinajstić information content (AvgIpc) is 2.68. The Bertz CT molecular complexity index is 589. The zero-order chi connectivity index (χ0) is 15.2. The minimum Gasteiger partial charge on any atom is -0.444 e. The van der Waals surface area contributed by atoms with Crippen LogP contribution in [0.2, 0.25) is 5.15 Å². The Balaban J connectivity index is 1.66. The van der Waals surface area contributed by atoms with Gasteiger partial charge in [0, 0.05) is 31.1 Å². The number of rotatable bonds is 1. The number of amides is 1. The van der Waals surface area contributed by atoms with Crippen molar-refractivity contribution in [3.8, 4) is 0 Å². The van der Waals surface area contributed by atoms with Crippen LogP contribution < -0.4 is 0 Å². The van der Waals surface area contributed by atoms with Crippen molar-refractivity contribution in [2.75, 3.05) is 13.1 Å². The second kappa shape index (κ2) is 5.02. The molecule has 112 valence electrons. The van der Waals surface area contributed by atoms with E-state index in [1.807, 2.05) is 26.8 Å². The SMILES string of the molecule is CC(C)(C)OC(=O)N1C[C@@H]2C=C(c3ccc(Cl)nc3)[C@@H]2C1.